The van der Waals surface area contributed by atoms with Gasteiger partial charge in [0.1, 0.15) is 5.75 Å². The third kappa shape index (κ3) is 3.27. The first-order valence-corrected chi connectivity index (χ1v) is 7.44. The van der Waals surface area contributed by atoms with Crippen molar-refractivity contribution in [3.63, 3.8) is 0 Å². The Labute approximate surface area is 127 Å². The summed E-state index contributed by atoms with van der Waals surface area (Å²) in [5.41, 5.74) is 4.77. The van der Waals surface area contributed by atoms with Gasteiger partial charge in [0.2, 0.25) is 0 Å². The molecular weight excluding hydrogens is 262 g/mol. The number of aromatic nitrogens is 2. The summed E-state index contributed by atoms with van der Waals surface area (Å²) in [4.78, 5) is 0. The predicted octanol–water partition coefficient (Wildman–Crippen LogP) is 3.13. The maximum atomic E-state index is 5.68. The summed E-state index contributed by atoms with van der Waals surface area (Å²) in [6.07, 6.45) is 5.06. The molecule has 1 atom stereocenters. The first-order chi connectivity index (χ1) is 10.1. The van der Waals surface area contributed by atoms with Gasteiger partial charge in [-0.3, -0.25) is 4.68 Å². The number of ether oxygens (including phenoxy) is 1. The van der Waals surface area contributed by atoms with Crippen LogP contribution in [0.1, 0.15) is 41.6 Å². The summed E-state index contributed by atoms with van der Waals surface area (Å²) in [6.45, 7) is 7.35. The fourth-order valence-electron chi connectivity index (χ4n) is 2.59. The monoisotopic (exact) mass is 287 g/mol. The minimum atomic E-state index is 0.105. The highest BCUT2D eigenvalue weighted by atomic mass is 16.5. The molecule has 2 rings (SSSR count). The van der Waals surface area contributed by atoms with Crippen molar-refractivity contribution in [2.75, 3.05) is 13.7 Å². The molecule has 0 spiro atoms. The van der Waals surface area contributed by atoms with Crippen molar-refractivity contribution in [2.24, 2.45) is 7.05 Å². The van der Waals surface area contributed by atoms with Crippen LogP contribution in [-0.4, -0.2) is 23.4 Å². The average molecular weight is 287 g/mol. The van der Waals surface area contributed by atoms with Crippen molar-refractivity contribution in [1.82, 2.24) is 15.1 Å². The van der Waals surface area contributed by atoms with Gasteiger partial charge in [0.05, 0.1) is 19.3 Å². The van der Waals surface area contributed by atoms with Crippen molar-refractivity contribution >= 4 is 0 Å². The predicted molar refractivity (Wildman–Crippen MR) is 85.8 cm³/mol. The lowest BCUT2D eigenvalue weighted by atomic mass is 9.95. The number of methoxy groups -OCH3 is 1. The van der Waals surface area contributed by atoms with Gasteiger partial charge in [-0.05, 0) is 37.9 Å². The molecule has 4 heteroatoms. The number of rotatable bonds is 6. The van der Waals surface area contributed by atoms with E-state index < -0.39 is 0 Å². The van der Waals surface area contributed by atoms with Crippen LogP contribution in [-0.2, 0) is 7.05 Å². The third-order valence-corrected chi connectivity index (χ3v) is 3.88. The van der Waals surface area contributed by atoms with Crippen LogP contribution >= 0.6 is 0 Å². The van der Waals surface area contributed by atoms with Crippen LogP contribution in [0.5, 0.6) is 5.75 Å². The molecule has 114 valence electrons. The lowest BCUT2D eigenvalue weighted by molar-refractivity contribution is 0.400. The number of nitrogens with one attached hydrogen (secondary N) is 1. The van der Waals surface area contributed by atoms with E-state index in [0.29, 0.717) is 0 Å². The van der Waals surface area contributed by atoms with E-state index in [1.54, 1.807) is 7.11 Å². The number of nitrogens with zero attached hydrogens (tertiary/aromatic N) is 2. The molecule has 1 heterocycles. The van der Waals surface area contributed by atoms with Crippen molar-refractivity contribution in [3.8, 4) is 5.75 Å². The molecule has 0 aliphatic heterocycles. The van der Waals surface area contributed by atoms with Crippen molar-refractivity contribution in [1.29, 1.82) is 0 Å². The quantitative estimate of drug-likeness (QED) is 0.887. The van der Waals surface area contributed by atoms with Gasteiger partial charge in [-0.15, -0.1) is 0 Å². The van der Waals surface area contributed by atoms with Crippen LogP contribution in [0, 0.1) is 13.8 Å². The Morgan fingerprint density at radius 3 is 2.67 bits per heavy atom. The fourth-order valence-corrected chi connectivity index (χ4v) is 2.59. The molecule has 1 unspecified atom stereocenters. The maximum Gasteiger partial charge on any atom is 0.127 e. The number of hydrogen-bond acceptors (Lipinski definition) is 3. The first-order valence-electron chi connectivity index (χ1n) is 7.44. The van der Waals surface area contributed by atoms with E-state index in [9.17, 15) is 0 Å². The molecule has 0 aliphatic rings. The Morgan fingerprint density at radius 1 is 1.33 bits per heavy atom. The van der Waals surface area contributed by atoms with E-state index >= 15 is 0 Å². The molecule has 1 aromatic carbocycles. The van der Waals surface area contributed by atoms with E-state index in [1.807, 2.05) is 17.9 Å². The summed E-state index contributed by atoms with van der Waals surface area (Å²) in [6, 6.07) is 4.42. The molecule has 0 saturated heterocycles. The molecule has 0 fully saturated rings. The molecule has 0 bridgehead atoms. The third-order valence-electron chi connectivity index (χ3n) is 3.88. The lowest BCUT2D eigenvalue weighted by Crippen LogP contribution is -2.23. The van der Waals surface area contributed by atoms with E-state index in [4.69, 9.17) is 4.74 Å². The highest BCUT2D eigenvalue weighted by molar-refractivity contribution is 5.49. The topological polar surface area (TPSA) is 39.1 Å². The van der Waals surface area contributed by atoms with Crippen LogP contribution in [0.3, 0.4) is 0 Å². The molecule has 21 heavy (non-hydrogen) atoms. The Balaban J connectivity index is 2.48. The highest BCUT2D eigenvalue weighted by Crippen LogP contribution is 2.34. The number of aryl methyl sites for hydroxylation is 2. The highest BCUT2D eigenvalue weighted by Gasteiger charge is 2.20. The second kappa shape index (κ2) is 6.76. The summed E-state index contributed by atoms with van der Waals surface area (Å²) in [5, 5.41) is 7.91. The Morgan fingerprint density at radius 2 is 2.10 bits per heavy atom. The second-order valence-corrected chi connectivity index (χ2v) is 5.46. The summed E-state index contributed by atoms with van der Waals surface area (Å²) in [5.74, 6) is 0.965. The number of hydrogen-bond donors (Lipinski definition) is 1. The molecule has 0 aliphatic carbocycles. The second-order valence-electron chi connectivity index (χ2n) is 5.46. The van der Waals surface area contributed by atoms with Crippen LogP contribution in [0.2, 0.25) is 0 Å². The molecule has 2 aromatic rings. The Bertz CT molecular complexity index is 604. The smallest absolute Gasteiger partial charge is 0.127 e. The van der Waals surface area contributed by atoms with Gasteiger partial charge in [0.15, 0.2) is 0 Å². The van der Waals surface area contributed by atoms with Crippen LogP contribution in [0.15, 0.2) is 24.5 Å². The minimum Gasteiger partial charge on any atom is -0.496 e. The van der Waals surface area contributed by atoms with Gasteiger partial charge < -0.3 is 10.1 Å². The zero-order valence-corrected chi connectivity index (χ0v) is 13.6. The van der Waals surface area contributed by atoms with E-state index in [1.165, 1.54) is 16.7 Å². The average Bonchev–Trinajstić information content (AvgIpc) is 2.89. The first kappa shape index (κ1) is 15.6. The summed E-state index contributed by atoms with van der Waals surface area (Å²) >= 11 is 0. The van der Waals surface area contributed by atoms with Gasteiger partial charge in [0, 0.05) is 24.4 Å². The van der Waals surface area contributed by atoms with Crippen LogP contribution in [0.4, 0.5) is 0 Å². The molecular formula is C17H25N3O. The Kier molecular flexibility index (Phi) is 5.02. The van der Waals surface area contributed by atoms with E-state index in [2.05, 4.69) is 49.5 Å². The van der Waals surface area contributed by atoms with Gasteiger partial charge >= 0.3 is 0 Å². The molecule has 0 radical (unpaired) electrons. The van der Waals surface area contributed by atoms with Crippen LogP contribution < -0.4 is 10.1 Å². The van der Waals surface area contributed by atoms with Crippen molar-refractivity contribution in [3.05, 3.63) is 46.8 Å². The van der Waals surface area contributed by atoms with Gasteiger partial charge in [-0.2, -0.15) is 5.10 Å². The summed E-state index contributed by atoms with van der Waals surface area (Å²) < 4.78 is 7.52. The van der Waals surface area contributed by atoms with E-state index in [-0.39, 0.29) is 6.04 Å². The number of benzene rings is 1. The maximum absolute atomic E-state index is 5.68. The molecule has 1 N–H and O–H groups in total. The van der Waals surface area contributed by atoms with Gasteiger partial charge in [0.25, 0.3) is 0 Å². The van der Waals surface area contributed by atoms with Gasteiger partial charge in [-0.25, -0.2) is 0 Å². The zero-order valence-electron chi connectivity index (χ0n) is 13.6. The largest absolute Gasteiger partial charge is 0.496 e. The standard InChI is InChI=1S/C17H25N3O/c1-6-9-18-16(14-10-19-20(4)11-14)15-8-7-12(2)13(3)17(15)21-5/h7-8,10-11,16,18H,6,9H2,1-5H3. The SMILES string of the molecule is CCCNC(c1cnn(C)c1)c1ccc(C)c(C)c1OC. The fraction of sp³-hybridized carbons (Fsp3) is 0.471. The molecule has 1 aromatic heterocycles. The van der Waals surface area contributed by atoms with Crippen molar-refractivity contribution < 1.29 is 4.74 Å². The van der Waals surface area contributed by atoms with Gasteiger partial charge in [-0.1, -0.05) is 19.1 Å². The van der Waals surface area contributed by atoms with E-state index in [0.717, 1.165) is 24.3 Å². The lowest BCUT2D eigenvalue weighted by Gasteiger charge is -2.22. The molecule has 4 nitrogen and oxygen atoms in total. The Hall–Kier alpha value is -1.81. The minimum absolute atomic E-state index is 0.105. The molecule has 0 amide bonds. The molecule has 0 saturated carbocycles. The summed E-state index contributed by atoms with van der Waals surface area (Å²) in [7, 11) is 3.68. The normalized spacial score (nSPS) is 12.4. The van der Waals surface area contributed by atoms with Crippen LogP contribution in [0.25, 0.3) is 0 Å². The van der Waals surface area contributed by atoms with Crippen molar-refractivity contribution in [2.45, 2.75) is 33.2 Å². The zero-order chi connectivity index (χ0) is 15.4.